The van der Waals surface area contributed by atoms with Crippen LogP contribution in [-0.2, 0) is 15.0 Å². The lowest BCUT2D eigenvalue weighted by Gasteiger charge is -2.36. The second-order valence-corrected chi connectivity index (χ2v) is 7.60. The molecule has 20 heavy (non-hydrogen) atoms. The number of hydrogen-bond acceptors (Lipinski definition) is 3. The summed E-state index contributed by atoms with van der Waals surface area (Å²) >= 11 is 0. The normalized spacial score (nSPS) is 18.1. The number of carboxylic acids is 1. The summed E-state index contributed by atoms with van der Waals surface area (Å²) in [6.07, 6.45) is 4.89. The molecule has 0 aromatic heterocycles. The largest absolute Gasteiger partial charge is 0.481 e. The van der Waals surface area contributed by atoms with E-state index in [0.29, 0.717) is 0 Å². The summed E-state index contributed by atoms with van der Waals surface area (Å²) < 4.78 is 28.0. The van der Waals surface area contributed by atoms with Gasteiger partial charge in [-0.15, -0.1) is 0 Å². The van der Waals surface area contributed by atoms with Crippen LogP contribution in [0, 0.1) is 0 Å². The van der Waals surface area contributed by atoms with Crippen molar-refractivity contribution in [3.05, 3.63) is 0 Å². The molecule has 0 unspecified atom stereocenters. The lowest BCUT2D eigenvalue weighted by Crippen LogP contribution is -2.50. The highest BCUT2D eigenvalue weighted by atomic mass is 32.2. The molecule has 118 valence electrons. The van der Waals surface area contributed by atoms with Crippen molar-refractivity contribution in [3.63, 3.8) is 0 Å². The molecule has 0 atom stereocenters. The van der Waals surface area contributed by atoms with E-state index in [9.17, 15) is 13.2 Å². The van der Waals surface area contributed by atoms with Crippen molar-refractivity contribution in [1.82, 2.24) is 8.61 Å². The minimum absolute atomic E-state index is 0.0202. The highest BCUT2D eigenvalue weighted by Gasteiger charge is 2.34. The summed E-state index contributed by atoms with van der Waals surface area (Å²) in [6, 6.07) is -0.204. The molecule has 0 aromatic rings. The molecular formula is C13H26N2O4S. The van der Waals surface area contributed by atoms with E-state index in [1.165, 1.54) is 8.61 Å². The first-order valence-electron chi connectivity index (χ1n) is 7.23. The van der Waals surface area contributed by atoms with Crippen LogP contribution in [-0.4, -0.2) is 53.8 Å². The predicted octanol–water partition coefficient (Wildman–Crippen LogP) is 1.68. The topological polar surface area (TPSA) is 77.9 Å². The average molecular weight is 306 g/mol. The predicted molar refractivity (Wildman–Crippen MR) is 77.7 cm³/mol. The zero-order valence-corrected chi connectivity index (χ0v) is 13.4. The van der Waals surface area contributed by atoms with Crippen LogP contribution in [0.3, 0.4) is 0 Å². The van der Waals surface area contributed by atoms with Gasteiger partial charge in [0.2, 0.25) is 0 Å². The molecule has 0 heterocycles. The van der Waals surface area contributed by atoms with E-state index in [0.717, 1.165) is 32.1 Å². The SMILES string of the molecule is CC(C)N(CCC(=O)O)S(=O)(=O)N(C)C1CCCCC1. The van der Waals surface area contributed by atoms with Gasteiger partial charge in [0.05, 0.1) is 6.42 Å². The number of aliphatic carboxylic acids is 1. The van der Waals surface area contributed by atoms with Crippen LogP contribution in [0.2, 0.25) is 0 Å². The van der Waals surface area contributed by atoms with Gasteiger partial charge in [0.25, 0.3) is 10.2 Å². The molecule has 1 saturated carbocycles. The standard InChI is InChI=1S/C13H26N2O4S/c1-11(2)15(10-9-13(16)17)20(18,19)14(3)12-7-5-4-6-8-12/h11-12H,4-10H2,1-3H3,(H,16,17). The zero-order chi connectivity index (χ0) is 15.3. The van der Waals surface area contributed by atoms with Gasteiger partial charge in [-0.3, -0.25) is 4.79 Å². The van der Waals surface area contributed by atoms with Crippen LogP contribution in [0.5, 0.6) is 0 Å². The molecule has 0 amide bonds. The summed E-state index contributed by atoms with van der Waals surface area (Å²) in [5.41, 5.74) is 0. The molecule has 1 aliphatic carbocycles. The lowest BCUT2D eigenvalue weighted by molar-refractivity contribution is -0.137. The van der Waals surface area contributed by atoms with E-state index in [1.54, 1.807) is 20.9 Å². The van der Waals surface area contributed by atoms with Crippen LogP contribution in [0.1, 0.15) is 52.4 Å². The van der Waals surface area contributed by atoms with Crippen molar-refractivity contribution < 1.29 is 18.3 Å². The number of hydrogen-bond donors (Lipinski definition) is 1. The maximum atomic E-state index is 12.6. The Morgan fingerprint density at radius 1 is 1.25 bits per heavy atom. The van der Waals surface area contributed by atoms with Crippen LogP contribution >= 0.6 is 0 Å². The highest BCUT2D eigenvalue weighted by molar-refractivity contribution is 7.86. The van der Waals surface area contributed by atoms with Crippen molar-refractivity contribution in [1.29, 1.82) is 0 Å². The molecule has 1 aliphatic rings. The van der Waals surface area contributed by atoms with Gasteiger partial charge in [-0.25, -0.2) is 0 Å². The van der Waals surface area contributed by atoms with Crippen molar-refractivity contribution in [2.45, 2.75) is 64.5 Å². The Kier molecular flexibility index (Phi) is 6.42. The third-order valence-corrected chi connectivity index (χ3v) is 6.09. The Bertz CT molecular complexity index is 416. The molecule has 0 spiro atoms. The second kappa shape index (κ2) is 7.38. The molecule has 1 fully saturated rings. The first-order chi connectivity index (χ1) is 9.26. The first kappa shape index (κ1) is 17.4. The fourth-order valence-corrected chi connectivity index (χ4v) is 4.42. The van der Waals surface area contributed by atoms with Crippen molar-refractivity contribution in [2.75, 3.05) is 13.6 Å². The van der Waals surface area contributed by atoms with E-state index >= 15 is 0 Å². The Morgan fingerprint density at radius 2 is 1.80 bits per heavy atom. The molecule has 0 bridgehead atoms. The van der Waals surface area contributed by atoms with E-state index in [-0.39, 0.29) is 25.0 Å². The second-order valence-electron chi connectivity index (χ2n) is 5.66. The molecule has 6 nitrogen and oxygen atoms in total. The van der Waals surface area contributed by atoms with Gasteiger partial charge in [-0.1, -0.05) is 19.3 Å². The Labute approximate surface area is 121 Å². The number of carbonyl (C=O) groups is 1. The van der Waals surface area contributed by atoms with Gasteiger partial charge in [0.15, 0.2) is 0 Å². The maximum Gasteiger partial charge on any atom is 0.304 e. The summed E-state index contributed by atoms with van der Waals surface area (Å²) in [4.78, 5) is 10.7. The Balaban J connectivity index is 2.82. The summed E-state index contributed by atoms with van der Waals surface area (Å²) in [5, 5.41) is 8.76. The molecular weight excluding hydrogens is 280 g/mol. The number of nitrogens with zero attached hydrogens (tertiary/aromatic N) is 2. The molecule has 0 saturated heterocycles. The average Bonchev–Trinajstić information content (AvgIpc) is 2.38. The van der Waals surface area contributed by atoms with E-state index in [2.05, 4.69) is 0 Å². The fourth-order valence-electron chi connectivity index (χ4n) is 2.64. The van der Waals surface area contributed by atoms with Gasteiger partial charge in [-0.2, -0.15) is 17.0 Å². The van der Waals surface area contributed by atoms with Crippen LogP contribution in [0.25, 0.3) is 0 Å². The highest BCUT2D eigenvalue weighted by Crippen LogP contribution is 2.25. The van der Waals surface area contributed by atoms with Gasteiger partial charge in [-0.05, 0) is 26.7 Å². The van der Waals surface area contributed by atoms with Gasteiger partial charge >= 0.3 is 5.97 Å². The quantitative estimate of drug-likeness (QED) is 0.776. The van der Waals surface area contributed by atoms with Crippen molar-refractivity contribution in [2.24, 2.45) is 0 Å². The third-order valence-electron chi connectivity index (χ3n) is 3.87. The van der Waals surface area contributed by atoms with Crippen LogP contribution < -0.4 is 0 Å². The van der Waals surface area contributed by atoms with E-state index < -0.39 is 16.2 Å². The third kappa shape index (κ3) is 4.43. The molecule has 0 aromatic carbocycles. The van der Waals surface area contributed by atoms with Gasteiger partial charge in [0, 0.05) is 25.7 Å². The smallest absolute Gasteiger partial charge is 0.304 e. The van der Waals surface area contributed by atoms with Crippen molar-refractivity contribution in [3.8, 4) is 0 Å². The lowest BCUT2D eigenvalue weighted by atomic mass is 9.96. The Hall–Kier alpha value is -0.660. The maximum absolute atomic E-state index is 12.6. The van der Waals surface area contributed by atoms with Crippen LogP contribution in [0.15, 0.2) is 0 Å². The number of carboxylic acid groups (broad SMARTS) is 1. The van der Waals surface area contributed by atoms with Crippen molar-refractivity contribution >= 4 is 16.2 Å². The van der Waals surface area contributed by atoms with Gasteiger partial charge in [0.1, 0.15) is 0 Å². The van der Waals surface area contributed by atoms with Gasteiger partial charge < -0.3 is 5.11 Å². The minimum Gasteiger partial charge on any atom is -0.481 e. The molecule has 1 N–H and O–H groups in total. The molecule has 0 aliphatic heterocycles. The summed E-state index contributed by atoms with van der Waals surface area (Å²) in [6.45, 7) is 3.56. The summed E-state index contributed by atoms with van der Waals surface area (Å²) in [5.74, 6) is -0.980. The molecule has 0 radical (unpaired) electrons. The first-order valence-corrected chi connectivity index (χ1v) is 8.63. The molecule has 1 rings (SSSR count). The minimum atomic E-state index is -3.59. The zero-order valence-electron chi connectivity index (χ0n) is 12.6. The molecule has 7 heteroatoms. The summed E-state index contributed by atoms with van der Waals surface area (Å²) in [7, 11) is -1.98. The monoisotopic (exact) mass is 306 g/mol. The number of rotatable bonds is 7. The fraction of sp³-hybridized carbons (Fsp3) is 0.923. The van der Waals surface area contributed by atoms with E-state index in [1.807, 2.05) is 0 Å². The van der Waals surface area contributed by atoms with Crippen LogP contribution in [0.4, 0.5) is 0 Å². The Morgan fingerprint density at radius 3 is 2.25 bits per heavy atom. The van der Waals surface area contributed by atoms with E-state index in [4.69, 9.17) is 5.11 Å².